The van der Waals surface area contributed by atoms with Crippen LogP contribution in [0.2, 0.25) is 0 Å². The number of hydrogen-bond acceptors (Lipinski definition) is 7. The van der Waals surface area contributed by atoms with Crippen molar-refractivity contribution in [3.63, 3.8) is 0 Å². The van der Waals surface area contributed by atoms with Gasteiger partial charge in [0.1, 0.15) is 0 Å². The van der Waals surface area contributed by atoms with Gasteiger partial charge < -0.3 is 10.2 Å². The number of para-hydroxylation sites is 1. The number of hydrogen-bond donors (Lipinski definition) is 1. The average Bonchev–Trinajstić information content (AvgIpc) is 3.09. The molecule has 1 atom stereocenters. The third-order valence-electron chi connectivity index (χ3n) is 3.51. The topological polar surface area (TPSA) is 75.2 Å². The van der Waals surface area contributed by atoms with E-state index in [0.29, 0.717) is 18.8 Å². The van der Waals surface area contributed by atoms with Crippen molar-refractivity contribution in [2.75, 3.05) is 24.2 Å². The molecule has 0 aliphatic heterocycles. The number of thioether (sulfide) groups is 2. The zero-order valence-corrected chi connectivity index (χ0v) is 17.4. The highest BCUT2D eigenvalue weighted by atomic mass is 32.2. The molecule has 2 amide bonds. The maximum Gasteiger partial charge on any atom is 0.237 e. The van der Waals surface area contributed by atoms with E-state index in [1.54, 1.807) is 4.90 Å². The number of nitrogens with zero attached hydrogens (tertiary/aromatic N) is 3. The van der Waals surface area contributed by atoms with Gasteiger partial charge in [-0.05, 0) is 32.9 Å². The lowest BCUT2D eigenvalue weighted by molar-refractivity contribution is -0.128. The van der Waals surface area contributed by atoms with Crippen LogP contribution >= 0.6 is 34.9 Å². The Kier molecular flexibility index (Phi) is 8.40. The Morgan fingerprint density at radius 2 is 1.81 bits per heavy atom. The van der Waals surface area contributed by atoms with Gasteiger partial charge in [0.15, 0.2) is 8.68 Å². The second-order valence-corrected chi connectivity index (χ2v) is 9.09. The number of carbonyl (C=O) groups is 2. The van der Waals surface area contributed by atoms with E-state index in [0.717, 1.165) is 14.4 Å². The fraction of sp³-hybridized carbons (Fsp3) is 0.412. The predicted molar refractivity (Wildman–Crippen MR) is 109 cm³/mol. The van der Waals surface area contributed by atoms with Gasteiger partial charge in [-0.1, -0.05) is 53.1 Å². The number of rotatable bonds is 9. The van der Waals surface area contributed by atoms with Gasteiger partial charge in [0, 0.05) is 18.8 Å². The molecule has 26 heavy (non-hydrogen) atoms. The van der Waals surface area contributed by atoms with E-state index in [4.69, 9.17) is 0 Å². The Labute approximate surface area is 166 Å². The van der Waals surface area contributed by atoms with Crippen molar-refractivity contribution in [2.45, 2.75) is 34.7 Å². The summed E-state index contributed by atoms with van der Waals surface area (Å²) in [4.78, 5) is 26.1. The summed E-state index contributed by atoms with van der Waals surface area (Å²) in [5.74, 6) is 0.368. The van der Waals surface area contributed by atoms with Crippen molar-refractivity contribution in [2.24, 2.45) is 0 Å². The van der Waals surface area contributed by atoms with Crippen LogP contribution in [0.4, 0.5) is 5.69 Å². The molecule has 2 aromatic rings. The van der Waals surface area contributed by atoms with E-state index in [-0.39, 0.29) is 17.1 Å². The van der Waals surface area contributed by atoms with E-state index in [1.807, 2.05) is 51.1 Å². The first-order valence-corrected chi connectivity index (χ1v) is 11.0. The summed E-state index contributed by atoms with van der Waals surface area (Å²) >= 11 is 4.16. The normalized spacial score (nSPS) is 11.8. The summed E-state index contributed by atoms with van der Waals surface area (Å²) in [6.07, 6.45) is 0. The third-order valence-corrected chi connectivity index (χ3v) is 6.74. The fourth-order valence-corrected chi connectivity index (χ4v) is 5.13. The van der Waals surface area contributed by atoms with Gasteiger partial charge in [0.2, 0.25) is 11.8 Å². The summed E-state index contributed by atoms with van der Waals surface area (Å²) < 4.78 is 1.46. The Morgan fingerprint density at radius 1 is 1.15 bits per heavy atom. The molecular formula is C17H22N4O2S3. The summed E-state index contributed by atoms with van der Waals surface area (Å²) in [7, 11) is 0. The molecule has 1 N–H and O–H groups in total. The minimum atomic E-state index is -0.293. The molecule has 0 saturated heterocycles. The SMILES string of the molecule is CCN(CC)C(=O)CSc1nnc(S[C@H](C)C(=O)Nc2ccccc2)s1. The summed E-state index contributed by atoms with van der Waals surface area (Å²) in [6.45, 7) is 7.19. The molecule has 9 heteroatoms. The molecule has 0 aliphatic rings. The van der Waals surface area contributed by atoms with E-state index in [9.17, 15) is 9.59 Å². The predicted octanol–water partition coefficient (Wildman–Crippen LogP) is 3.62. The number of carbonyl (C=O) groups excluding carboxylic acids is 2. The van der Waals surface area contributed by atoms with E-state index < -0.39 is 0 Å². The second-order valence-electron chi connectivity index (χ2n) is 5.30. The molecular weight excluding hydrogens is 388 g/mol. The van der Waals surface area contributed by atoms with Gasteiger partial charge in [0.05, 0.1) is 11.0 Å². The van der Waals surface area contributed by atoms with Gasteiger partial charge in [-0.15, -0.1) is 10.2 Å². The number of amides is 2. The molecule has 6 nitrogen and oxygen atoms in total. The highest BCUT2D eigenvalue weighted by Gasteiger charge is 2.18. The Bertz CT molecular complexity index is 720. The van der Waals surface area contributed by atoms with Crippen LogP contribution in [0.1, 0.15) is 20.8 Å². The second kappa shape index (κ2) is 10.5. The van der Waals surface area contributed by atoms with Crippen LogP contribution in [0.15, 0.2) is 39.0 Å². The van der Waals surface area contributed by atoms with Crippen molar-refractivity contribution in [3.05, 3.63) is 30.3 Å². The van der Waals surface area contributed by atoms with Gasteiger partial charge in [-0.2, -0.15) is 0 Å². The van der Waals surface area contributed by atoms with Crippen LogP contribution in [-0.2, 0) is 9.59 Å². The fourth-order valence-electron chi connectivity index (χ4n) is 2.06. The lowest BCUT2D eigenvalue weighted by atomic mass is 10.3. The molecule has 0 aliphatic carbocycles. The van der Waals surface area contributed by atoms with Crippen LogP contribution in [0.5, 0.6) is 0 Å². The first-order chi connectivity index (χ1) is 12.5. The quantitative estimate of drug-likeness (QED) is 0.637. The van der Waals surface area contributed by atoms with Gasteiger partial charge in [-0.3, -0.25) is 9.59 Å². The zero-order valence-electron chi connectivity index (χ0n) is 15.0. The van der Waals surface area contributed by atoms with Crippen molar-refractivity contribution in [3.8, 4) is 0 Å². The lowest BCUT2D eigenvalue weighted by Crippen LogP contribution is -2.31. The minimum Gasteiger partial charge on any atom is -0.343 e. The maximum atomic E-state index is 12.2. The van der Waals surface area contributed by atoms with E-state index in [2.05, 4.69) is 15.5 Å². The molecule has 1 aromatic carbocycles. The highest BCUT2D eigenvalue weighted by Crippen LogP contribution is 2.31. The lowest BCUT2D eigenvalue weighted by Gasteiger charge is -2.17. The summed E-state index contributed by atoms with van der Waals surface area (Å²) in [6, 6.07) is 9.35. The van der Waals surface area contributed by atoms with Crippen LogP contribution in [0.3, 0.4) is 0 Å². The molecule has 0 saturated carbocycles. The van der Waals surface area contributed by atoms with Crippen molar-refractivity contribution >= 4 is 52.4 Å². The summed E-state index contributed by atoms with van der Waals surface area (Å²) in [5, 5.41) is 10.8. The molecule has 1 heterocycles. The van der Waals surface area contributed by atoms with E-state index >= 15 is 0 Å². The molecule has 0 fully saturated rings. The van der Waals surface area contributed by atoms with Crippen LogP contribution < -0.4 is 5.32 Å². The van der Waals surface area contributed by atoms with Crippen molar-refractivity contribution < 1.29 is 9.59 Å². The van der Waals surface area contributed by atoms with Crippen LogP contribution in [0.25, 0.3) is 0 Å². The van der Waals surface area contributed by atoms with Crippen molar-refractivity contribution in [1.82, 2.24) is 15.1 Å². The maximum absolute atomic E-state index is 12.2. The van der Waals surface area contributed by atoms with Crippen molar-refractivity contribution in [1.29, 1.82) is 0 Å². The Balaban J connectivity index is 1.83. The number of nitrogens with one attached hydrogen (secondary N) is 1. The Morgan fingerprint density at radius 3 is 2.46 bits per heavy atom. The summed E-state index contributed by atoms with van der Waals surface area (Å²) in [5.41, 5.74) is 0.772. The molecule has 140 valence electrons. The van der Waals surface area contributed by atoms with Crippen LogP contribution in [0, 0.1) is 0 Å². The molecule has 2 rings (SSSR count). The monoisotopic (exact) mass is 410 g/mol. The average molecular weight is 411 g/mol. The molecule has 0 unspecified atom stereocenters. The number of aromatic nitrogens is 2. The standard InChI is InChI=1S/C17H22N4O2S3/c1-4-21(5-2)14(22)11-24-16-19-20-17(26-16)25-12(3)15(23)18-13-9-7-6-8-10-13/h6-10,12H,4-5,11H2,1-3H3,(H,18,23)/t12-/m1/s1. The third kappa shape index (κ3) is 6.30. The highest BCUT2D eigenvalue weighted by molar-refractivity contribution is 8.04. The van der Waals surface area contributed by atoms with Gasteiger partial charge in [0.25, 0.3) is 0 Å². The number of anilines is 1. The van der Waals surface area contributed by atoms with Crippen LogP contribution in [-0.4, -0.2) is 51.0 Å². The smallest absolute Gasteiger partial charge is 0.237 e. The molecule has 0 bridgehead atoms. The van der Waals surface area contributed by atoms with Gasteiger partial charge in [-0.25, -0.2) is 0 Å². The molecule has 1 aromatic heterocycles. The first kappa shape index (κ1) is 20.7. The molecule has 0 radical (unpaired) electrons. The number of benzene rings is 1. The molecule has 0 spiro atoms. The van der Waals surface area contributed by atoms with E-state index in [1.165, 1.54) is 34.9 Å². The first-order valence-electron chi connectivity index (χ1n) is 8.30. The largest absolute Gasteiger partial charge is 0.343 e. The zero-order chi connectivity index (χ0) is 18.9. The van der Waals surface area contributed by atoms with Gasteiger partial charge >= 0.3 is 0 Å². The Hall–Kier alpha value is -1.58. The minimum absolute atomic E-state index is 0.0812.